The first-order valence-electron chi connectivity index (χ1n) is 4.02. The Bertz CT molecular complexity index is 87.3. The Kier molecular flexibility index (Phi) is 3.91. The van der Waals surface area contributed by atoms with Gasteiger partial charge in [0.1, 0.15) is 0 Å². The van der Waals surface area contributed by atoms with Crippen molar-refractivity contribution in [3.8, 4) is 0 Å². The van der Waals surface area contributed by atoms with Gasteiger partial charge >= 0.3 is 0 Å². The van der Waals surface area contributed by atoms with Crippen molar-refractivity contribution < 1.29 is 0 Å². The summed E-state index contributed by atoms with van der Waals surface area (Å²) in [5.74, 6) is 0. The minimum Gasteiger partial charge on any atom is -0.316 e. The van der Waals surface area contributed by atoms with E-state index in [0.29, 0.717) is 0 Å². The molecule has 0 unspecified atom stereocenters. The van der Waals surface area contributed by atoms with E-state index in [-0.39, 0.29) is 11.6 Å². The fourth-order valence-electron chi connectivity index (χ4n) is 0.799. The highest BCUT2D eigenvalue weighted by Gasteiger charge is 2.21. The predicted molar refractivity (Wildman–Crippen MR) is 45.5 cm³/mol. The average molecular weight is 144 g/mol. The molecule has 2 nitrogen and oxygen atoms in total. The molecule has 0 aliphatic carbocycles. The molecule has 62 valence electrons. The highest BCUT2D eigenvalue weighted by molar-refractivity contribution is 4.75. The number of unbranched alkanes of at least 4 members (excludes halogenated alkanes) is 1. The predicted octanol–water partition coefficient (Wildman–Crippen LogP) is 1.45. The van der Waals surface area contributed by atoms with Crippen LogP contribution in [0.25, 0.3) is 0 Å². The van der Waals surface area contributed by atoms with Crippen molar-refractivity contribution in [2.24, 2.45) is 16.9 Å². The third-order valence-electron chi connectivity index (χ3n) is 2.08. The van der Waals surface area contributed by atoms with E-state index < -0.39 is 0 Å². The molecule has 0 saturated heterocycles. The highest BCUT2D eigenvalue weighted by Crippen LogP contribution is 2.23. The number of nitrogens with two attached hydrogens (primary N) is 2. The second-order valence-corrected chi connectivity index (χ2v) is 3.62. The molecule has 0 aliphatic heterocycles. The maximum atomic E-state index is 5.59. The summed E-state index contributed by atoms with van der Waals surface area (Å²) in [5.41, 5.74) is 11.3. The maximum absolute atomic E-state index is 5.59. The van der Waals surface area contributed by atoms with Crippen molar-refractivity contribution in [1.82, 2.24) is 0 Å². The highest BCUT2D eigenvalue weighted by atomic mass is 14.9. The summed E-state index contributed by atoms with van der Waals surface area (Å²) in [5, 5.41) is 0. The fraction of sp³-hybridized carbons (Fsp3) is 1.00. The summed E-state index contributed by atoms with van der Waals surface area (Å²) in [6.45, 7) is 6.42. The van der Waals surface area contributed by atoms with Gasteiger partial charge in [0.15, 0.2) is 0 Å². The van der Waals surface area contributed by atoms with Crippen LogP contribution in [0.4, 0.5) is 0 Å². The SMILES string of the molecule is CCCCC(C)(C)C(N)N. The second kappa shape index (κ2) is 3.94. The van der Waals surface area contributed by atoms with E-state index in [2.05, 4.69) is 20.8 Å². The van der Waals surface area contributed by atoms with Crippen molar-refractivity contribution in [3.05, 3.63) is 0 Å². The third-order valence-corrected chi connectivity index (χ3v) is 2.08. The first kappa shape index (κ1) is 9.92. The lowest BCUT2D eigenvalue weighted by atomic mass is 9.85. The largest absolute Gasteiger partial charge is 0.316 e. The van der Waals surface area contributed by atoms with E-state index in [1.54, 1.807) is 0 Å². The van der Waals surface area contributed by atoms with Crippen LogP contribution in [0.5, 0.6) is 0 Å². The van der Waals surface area contributed by atoms with Gasteiger partial charge in [-0.3, -0.25) is 0 Å². The first-order chi connectivity index (χ1) is 4.50. The molecule has 0 fully saturated rings. The van der Waals surface area contributed by atoms with Crippen LogP contribution in [0.3, 0.4) is 0 Å². The van der Waals surface area contributed by atoms with Gasteiger partial charge in [-0.25, -0.2) is 0 Å². The Morgan fingerprint density at radius 2 is 1.80 bits per heavy atom. The van der Waals surface area contributed by atoms with Gasteiger partial charge in [-0.2, -0.15) is 0 Å². The van der Waals surface area contributed by atoms with E-state index >= 15 is 0 Å². The monoisotopic (exact) mass is 144 g/mol. The summed E-state index contributed by atoms with van der Waals surface area (Å²) in [4.78, 5) is 0. The van der Waals surface area contributed by atoms with Crippen molar-refractivity contribution in [3.63, 3.8) is 0 Å². The van der Waals surface area contributed by atoms with Gasteiger partial charge in [0.25, 0.3) is 0 Å². The molecule has 0 atom stereocenters. The van der Waals surface area contributed by atoms with Gasteiger partial charge < -0.3 is 11.5 Å². The quantitative estimate of drug-likeness (QED) is 0.587. The minimum absolute atomic E-state index is 0.107. The molecular weight excluding hydrogens is 124 g/mol. The lowest BCUT2D eigenvalue weighted by Gasteiger charge is -2.28. The van der Waals surface area contributed by atoms with Crippen LogP contribution >= 0.6 is 0 Å². The van der Waals surface area contributed by atoms with E-state index in [4.69, 9.17) is 11.5 Å². The zero-order valence-electron chi connectivity index (χ0n) is 7.35. The summed E-state index contributed by atoms with van der Waals surface area (Å²) in [7, 11) is 0. The van der Waals surface area contributed by atoms with Crippen LogP contribution in [0.2, 0.25) is 0 Å². The Balaban J connectivity index is 3.63. The minimum atomic E-state index is -0.181. The van der Waals surface area contributed by atoms with Crippen LogP contribution in [0.1, 0.15) is 40.0 Å². The Hall–Kier alpha value is -0.0800. The van der Waals surface area contributed by atoms with E-state index in [1.165, 1.54) is 12.8 Å². The summed E-state index contributed by atoms with van der Waals surface area (Å²) in [6, 6.07) is 0. The summed E-state index contributed by atoms with van der Waals surface area (Å²) >= 11 is 0. The van der Waals surface area contributed by atoms with E-state index in [9.17, 15) is 0 Å². The fourth-order valence-corrected chi connectivity index (χ4v) is 0.799. The van der Waals surface area contributed by atoms with Gasteiger partial charge in [-0.15, -0.1) is 0 Å². The second-order valence-electron chi connectivity index (χ2n) is 3.62. The van der Waals surface area contributed by atoms with Gasteiger partial charge in [-0.05, 0) is 11.8 Å². The smallest absolute Gasteiger partial charge is 0.0573 e. The van der Waals surface area contributed by atoms with Crippen LogP contribution in [0.15, 0.2) is 0 Å². The molecule has 2 heteroatoms. The van der Waals surface area contributed by atoms with Crippen LogP contribution < -0.4 is 11.5 Å². The molecule has 0 aromatic carbocycles. The molecule has 0 radical (unpaired) electrons. The molecule has 4 N–H and O–H groups in total. The van der Waals surface area contributed by atoms with Crippen LogP contribution in [0, 0.1) is 5.41 Å². The molecule has 0 bridgehead atoms. The third kappa shape index (κ3) is 3.18. The van der Waals surface area contributed by atoms with Crippen LogP contribution in [-0.4, -0.2) is 6.17 Å². The first-order valence-corrected chi connectivity index (χ1v) is 4.02. The lowest BCUT2D eigenvalue weighted by molar-refractivity contribution is 0.260. The van der Waals surface area contributed by atoms with Crippen molar-refractivity contribution in [1.29, 1.82) is 0 Å². The van der Waals surface area contributed by atoms with E-state index in [0.717, 1.165) is 6.42 Å². The molecule has 0 heterocycles. The molecule has 0 aliphatic rings. The topological polar surface area (TPSA) is 52.0 Å². The number of hydrogen-bond donors (Lipinski definition) is 2. The summed E-state index contributed by atoms with van der Waals surface area (Å²) < 4.78 is 0. The molecule has 0 rings (SSSR count). The molecular formula is C8H20N2. The van der Waals surface area contributed by atoms with Gasteiger partial charge in [0, 0.05) is 0 Å². The van der Waals surface area contributed by atoms with Crippen LogP contribution in [-0.2, 0) is 0 Å². The molecule has 0 amide bonds. The normalized spacial score (nSPS) is 12.6. The molecule has 0 aromatic heterocycles. The lowest BCUT2D eigenvalue weighted by Crippen LogP contribution is -2.44. The van der Waals surface area contributed by atoms with E-state index in [1.807, 2.05) is 0 Å². The maximum Gasteiger partial charge on any atom is 0.0573 e. The van der Waals surface area contributed by atoms with Crippen molar-refractivity contribution in [2.75, 3.05) is 0 Å². The average Bonchev–Trinajstić information content (AvgIpc) is 1.84. The Labute approximate surface area is 64.0 Å². The Morgan fingerprint density at radius 1 is 1.30 bits per heavy atom. The number of rotatable bonds is 4. The molecule has 0 spiro atoms. The Morgan fingerprint density at radius 3 is 2.10 bits per heavy atom. The molecule has 0 aromatic rings. The van der Waals surface area contributed by atoms with Gasteiger partial charge in [0.05, 0.1) is 6.17 Å². The van der Waals surface area contributed by atoms with Crippen molar-refractivity contribution in [2.45, 2.75) is 46.2 Å². The standard InChI is InChI=1S/C8H20N2/c1-4-5-6-8(2,3)7(9)10/h7H,4-6,9-10H2,1-3H3. The zero-order chi connectivity index (χ0) is 8.20. The summed E-state index contributed by atoms with van der Waals surface area (Å²) in [6.07, 6.45) is 3.38. The van der Waals surface area contributed by atoms with Gasteiger partial charge in [0.2, 0.25) is 0 Å². The molecule has 10 heavy (non-hydrogen) atoms. The molecule has 0 saturated carbocycles. The number of hydrogen-bond acceptors (Lipinski definition) is 2. The zero-order valence-corrected chi connectivity index (χ0v) is 7.35. The van der Waals surface area contributed by atoms with Crippen molar-refractivity contribution >= 4 is 0 Å². The van der Waals surface area contributed by atoms with Gasteiger partial charge in [-0.1, -0.05) is 33.6 Å².